The highest BCUT2D eigenvalue weighted by molar-refractivity contribution is 6.33. The second-order valence-electron chi connectivity index (χ2n) is 3.19. The number of rotatable bonds is 2. The van der Waals surface area contributed by atoms with Gasteiger partial charge in [0, 0.05) is 0 Å². The Kier molecular flexibility index (Phi) is 6.28. The Morgan fingerprint density at radius 1 is 0.850 bits per heavy atom. The summed E-state index contributed by atoms with van der Waals surface area (Å²) in [7, 11) is -2.52. The Balaban J connectivity index is 0.00000172. The molecule has 0 saturated carbocycles. The summed E-state index contributed by atoms with van der Waals surface area (Å²) in [4.78, 5) is 0. The summed E-state index contributed by atoms with van der Waals surface area (Å²) in [6, 6.07) is 0.361. The van der Waals surface area contributed by atoms with Gasteiger partial charge in [-0.05, 0) is 18.2 Å². The molecule has 0 aliphatic heterocycles. The molecule has 0 spiro atoms. The largest absolute Gasteiger partial charge is 0.707 e. The first-order chi connectivity index (χ1) is 9.00. The van der Waals surface area contributed by atoms with Crippen LogP contribution in [0.25, 0.3) is 0 Å². The molecule has 0 aliphatic carbocycles. The number of benzene rings is 1. The van der Waals surface area contributed by atoms with Crippen LogP contribution < -0.4 is 16.3 Å². The lowest BCUT2D eigenvalue weighted by Gasteiger charge is -2.14. The Bertz CT molecular complexity index is 405. The SMILES string of the molecule is NN.OB(O)Oc1cc(C(F)(F)F)cc(C(F)(F)F)c1. The van der Waals surface area contributed by atoms with Crippen molar-refractivity contribution in [2.45, 2.75) is 12.4 Å². The molecule has 1 aromatic carbocycles. The number of hydrogen-bond acceptors (Lipinski definition) is 5. The Morgan fingerprint density at radius 2 is 1.20 bits per heavy atom. The molecule has 1 aromatic rings. The predicted molar refractivity (Wildman–Crippen MR) is 55.6 cm³/mol. The molecule has 20 heavy (non-hydrogen) atoms. The summed E-state index contributed by atoms with van der Waals surface area (Å²) in [6.07, 6.45) is -10.0. The van der Waals surface area contributed by atoms with E-state index in [1.165, 1.54) is 0 Å². The van der Waals surface area contributed by atoms with Gasteiger partial charge < -0.3 is 14.7 Å². The quantitative estimate of drug-likeness (QED) is 0.281. The summed E-state index contributed by atoms with van der Waals surface area (Å²) in [5.41, 5.74) is -3.21. The van der Waals surface area contributed by atoms with Crippen LogP contribution in [-0.4, -0.2) is 17.4 Å². The number of nitrogens with two attached hydrogens (primary N) is 2. The second-order valence-corrected chi connectivity index (χ2v) is 3.19. The second kappa shape index (κ2) is 6.79. The van der Waals surface area contributed by atoms with E-state index >= 15 is 0 Å². The molecule has 0 bridgehead atoms. The highest BCUT2D eigenvalue weighted by Crippen LogP contribution is 2.38. The summed E-state index contributed by atoms with van der Waals surface area (Å²) < 4.78 is 78.0. The molecule has 0 atom stereocenters. The topological polar surface area (TPSA) is 102 Å². The van der Waals surface area contributed by atoms with Crippen molar-refractivity contribution in [1.82, 2.24) is 0 Å². The van der Waals surface area contributed by atoms with Crippen LogP contribution in [-0.2, 0) is 12.4 Å². The number of hydrazine groups is 1. The lowest BCUT2D eigenvalue weighted by molar-refractivity contribution is -0.143. The summed E-state index contributed by atoms with van der Waals surface area (Å²) in [5, 5.41) is 16.7. The van der Waals surface area contributed by atoms with Crippen LogP contribution in [0.1, 0.15) is 11.1 Å². The number of hydrogen-bond donors (Lipinski definition) is 4. The van der Waals surface area contributed by atoms with Crippen molar-refractivity contribution in [3.63, 3.8) is 0 Å². The molecule has 0 amide bonds. The van der Waals surface area contributed by atoms with Crippen LogP contribution in [0.5, 0.6) is 5.75 Å². The van der Waals surface area contributed by atoms with Gasteiger partial charge in [0.05, 0.1) is 11.1 Å². The molecular weight excluding hydrogens is 297 g/mol. The van der Waals surface area contributed by atoms with Crippen LogP contribution >= 0.6 is 0 Å². The minimum absolute atomic E-state index is 0.101. The third kappa shape index (κ3) is 5.65. The van der Waals surface area contributed by atoms with Gasteiger partial charge in [-0.3, -0.25) is 11.7 Å². The first-order valence-corrected chi connectivity index (χ1v) is 4.66. The third-order valence-corrected chi connectivity index (χ3v) is 1.80. The molecule has 0 unspecified atom stereocenters. The standard InChI is InChI=1S/C8H5BF6O3.H4N2/c10-7(11,12)4-1-5(8(13,14)15)3-6(2-4)18-9(16)17;1-2/h1-3,16-17H;1-2H2. The zero-order chi connectivity index (χ0) is 16.1. The molecule has 1 rings (SSSR count). The first-order valence-electron chi connectivity index (χ1n) is 4.66. The molecule has 0 saturated heterocycles. The highest BCUT2D eigenvalue weighted by atomic mass is 19.4. The highest BCUT2D eigenvalue weighted by Gasteiger charge is 2.37. The summed E-state index contributed by atoms with van der Waals surface area (Å²) in [6.45, 7) is 0. The van der Waals surface area contributed by atoms with E-state index in [4.69, 9.17) is 10.0 Å². The van der Waals surface area contributed by atoms with E-state index in [1.807, 2.05) is 0 Å². The number of alkyl halides is 6. The maximum absolute atomic E-state index is 12.3. The van der Waals surface area contributed by atoms with Crippen molar-refractivity contribution in [3.8, 4) is 5.75 Å². The van der Waals surface area contributed by atoms with Crippen molar-refractivity contribution in [3.05, 3.63) is 29.3 Å². The summed E-state index contributed by atoms with van der Waals surface area (Å²) in [5.74, 6) is 7.05. The monoisotopic (exact) mass is 306 g/mol. The maximum atomic E-state index is 12.3. The van der Waals surface area contributed by atoms with Crippen molar-refractivity contribution >= 4 is 7.32 Å². The molecule has 0 heterocycles. The van der Waals surface area contributed by atoms with Crippen LogP contribution in [0.4, 0.5) is 26.3 Å². The van der Waals surface area contributed by atoms with E-state index in [9.17, 15) is 26.3 Å². The average Bonchev–Trinajstić information content (AvgIpc) is 2.28. The normalized spacial score (nSPS) is 11.5. The Hall–Kier alpha value is -1.50. The minimum Gasteiger partial charge on any atom is -0.512 e. The van der Waals surface area contributed by atoms with Gasteiger partial charge in [-0.25, -0.2) is 0 Å². The minimum atomic E-state index is -5.01. The molecule has 0 radical (unpaired) electrons. The van der Waals surface area contributed by atoms with Crippen LogP contribution in [0, 0.1) is 0 Å². The van der Waals surface area contributed by atoms with E-state index in [0.717, 1.165) is 0 Å². The van der Waals surface area contributed by atoms with Gasteiger partial charge in [-0.2, -0.15) is 26.3 Å². The van der Waals surface area contributed by atoms with E-state index < -0.39 is 36.6 Å². The van der Waals surface area contributed by atoms with Crippen LogP contribution in [0.15, 0.2) is 18.2 Å². The molecule has 0 fully saturated rings. The lowest BCUT2D eigenvalue weighted by Crippen LogP contribution is -2.21. The smallest absolute Gasteiger partial charge is 0.512 e. The van der Waals surface area contributed by atoms with Crippen molar-refractivity contribution in [2.24, 2.45) is 11.7 Å². The van der Waals surface area contributed by atoms with Gasteiger partial charge in [0.25, 0.3) is 0 Å². The van der Waals surface area contributed by atoms with Gasteiger partial charge in [-0.15, -0.1) is 0 Å². The fourth-order valence-corrected chi connectivity index (χ4v) is 1.12. The molecule has 0 aliphatic rings. The van der Waals surface area contributed by atoms with Gasteiger partial charge in [0.2, 0.25) is 0 Å². The molecule has 12 heteroatoms. The third-order valence-electron chi connectivity index (χ3n) is 1.80. The Labute approximate surface area is 108 Å². The van der Waals surface area contributed by atoms with E-state index in [1.54, 1.807) is 0 Å². The van der Waals surface area contributed by atoms with E-state index in [2.05, 4.69) is 16.3 Å². The summed E-state index contributed by atoms with van der Waals surface area (Å²) >= 11 is 0. The van der Waals surface area contributed by atoms with Crippen molar-refractivity contribution in [1.29, 1.82) is 0 Å². The van der Waals surface area contributed by atoms with Gasteiger partial charge in [-0.1, -0.05) is 0 Å². The van der Waals surface area contributed by atoms with E-state index in [0.29, 0.717) is 0 Å². The van der Waals surface area contributed by atoms with Crippen LogP contribution in [0.2, 0.25) is 0 Å². The van der Waals surface area contributed by atoms with Gasteiger partial charge in [0.1, 0.15) is 5.75 Å². The number of halogens is 6. The molecular formula is C8H9BF6N2O3. The zero-order valence-electron chi connectivity index (χ0n) is 9.53. The molecule has 6 N–H and O–H groups in total. The van der Waals surface area contributed by atoms with Gasteiger partial charge >= 0.3 is 19.7 Å². The van der Waals surface area contributed by atoms with Gasteiger partial charge in [0.15, 0.2) is 0 Å². The van der Waals surface area contributed by atoms with Crippen molar-refractivity contribution < 1.29 is 41.0 Å². The van der Waals surface area contributed by atoms with Crippen LogP contribution in [0.3, 0.4) is 0 Å². The predicted octanol–water partition coefficient (Wildman–Crippen LogP) is 0.891. The Morgan fingerprint density at radius 3 is 1.45 bits per heavy atom. The first kappa shape index (κ1) is 18.5. The maximum Gasteiger partial charge on any atom is 0.707 e. The zero-order valence-corrected chi connectivity index (χ0v) is 9.53. The molecule has 5 nitrogen and oxygen atoms in total. The molecule has 114 valence electrons. The van der Waals surface area contributed by atoms with E-state index in [-0.39, 0.29) is 18.2 Å². The van der Waals surface area contributed by atoms with Crippen molar-refractivity contribution in [2.75, 3.05) is 0 Å². The fourth-order valence-electron chi connectivity index (χ4n) is 1.12. The average molecular weight is 306 g/mol. The molecule has 0 aromatic heterocycles. The lowest BCUT2D eigenvalue weighted by atomic mass is 10.1. The fraction of sp³-hybridized carbons (Fsp3) is 0.250.